The summed E-state index contributed by atoms with van der Waals surface area (Å²) in [6.45, 7) is 4.35. The van der Waals surface area contributed by atoms with E-state index in [9.17, 15) is 9.59 Å². The van der Waals surface area contributed by atoms with Crippen LogP contribution in [-0.4, -0.2) is 39.4 Å². The first-order valence-corrected chi connectivity index (χ1v) is 7.12. The molecule has 1 fully saturated rings. The van der Waals surface area contributed by atoms with Crippen molar-refractivity contribution in [1.82, 2.24) is 19.7 Å². The normalized spacial score (nSPS) is 14.7. The van der Waals surface area contributed by atoms with Gasteiger partial charge in [-0.3, -0.25) is 14.3 Å². The van der Waals surface area contributed by atoms with Gasteiger partial charge in [0.15, 0.2) is 5.82 Å². The van der Waals surface area contributed by atoms with E-state index >= 15 is 0 Å². The lowest BCUT2D eigenvalue weighted by atomic mass is 10.0. The SMILES string of the molecule is Cc1ccc(N2CC(CNc3cc(=O)n(C)c(=O)[nH]3)C2)nn1. The Bertz CT molecular complexity index is 742. The van der Waals surface area contributed by atoms with Gasteiger partial charge in [-0.15, -0.1) is 5.10 Å². The summed E-state index contributed by atoms with van der Waals surface area (Å²) in [7, 11) is 1.44. The van der Waals surface area contributed by atoms with Crippen LogP contribution in [0.4, 0.5) is 11.6 Å². The summed E-state index contributed by atoms with van der Waals surface area (Å²) in [4.78, 5) is 27.8. The summed E-state index contributed by atoms with van der Waals surface area (Å²) < 4.78 is 1.03. The molecule has 22 heavy (non-hydrogen) atoms. The van der Waals surface area contributed by atoms with Crippen LogP contribution in [0.15, 0.2) is 27.8 Å². The van der Waals surface area contributed by atoms with Crippen LogP contribution in [-0.2, 0) is 7.05 Å². The van der Waals surface area contributed by atoms with Gasteiger partial charge in [0.25, 0.3) is 5.56 Å². The number of hydrogen-bond donors (Lipinski definition) is 2. The van der Waals surface area contributed by atoms with Crippen LogP contribution >= 0.6 is 0 Å². The van der Waals surface area contributed by atoms with Gasteiger partial charge in [0.2, 0.25) is 0 Å². The molecule has 3 rings (SSSR count). The average Bonchev–Trinajstić information content (AvgIpc) is 2.44. The van der Waals surface area contributed by atoms with Crippen molar-refractivity contribution in [2.75, 3.05) is 29.9 Å². The van der Waals surface area contributed by atoms with E-state index in [1.165, 1.54) is 13.1 Å². The molecule has 0 aliphatic carbocycles. The van der Waals surface area contributed by atoms with Gasteiger partial charge in [0.05, 0.1) is 5.69 Å². The summed E-state index contributed by atoms with van der Waals surface area (Å²) in [5.41, 5.74) is 0.161. The third-order valence-electron chi connectivity index (χ3n) is 3.79. The summed E-state index contributed by atoms with van der Waals surface area (Å²) in [6, 6.07) is 5.30. The second-order valence-electron chi connectivity index (χ2n) is 5.57. The smallest absolute Gasteiger partial charge is 0.329 e. The van der Waals surface area contributed by atoms with Crippen LogP contribution in [0.2, 0.25) is 0 Å². The first-order chi connectivity index (χ1) is 10.5. The number of nitrogens with zero attached hydrogens (tertiary/aromatic N) is 4. The van der Waals surface area contributed by atoms with E-state index in [1.54, 1.807) is 0 Å². The van der Waals surface area contributed by atoms with Crippen LogP contribution in [0, 0.1) is 12.8 Å². The van der Waals surface area contributed by atoms with E-state index in [0.717, 1.165) is 29.2 Å². The lowest BCUT2D eigenvalue weighted by molar-refractivity contribution is 0.425. The summed E-state index contributed by atoms with van der Waals surface area (Å²) in [5.74, 6) is 1.78. The Morgan fingerprint density at radius 2 is 2.09 bits per heavy atom. The van der Waals surface area contributed by atoms with E-state index in [0.29, 0.717) is 18.3 Å². The molecular weight excluding hydrogens is 284 g/mol. The van der Waals surface area contributed by atoms with Crippen molar-refractivity contribution in [3.8, 4) is 0 Å². The quantitative estimate of drug-likeness (QED) is 0.806. The molecule has 1 aliphatic rings. The minimum Gasteiger partial charge on any atom is -0.371 e. The highest BCUT2D eigenvalue weighted by Crippen LogP contribution is 2.22. The van der Waals surface area contributed by atoms with Crippen LogP contribution in [0.3, 0.4) is 0 Å². The molecule has 0 amide bonds. The Kier molecular flexibility index (Phi) is 3.66. The van der Waals surface area contributed by atoms with E-state index in [-0.39, 0.29) is 5.56 Å². The van der Waals surface area contributed by atoms with Gasteiger partial charge in [-0.2, -0.15) is 5.10 Å². The second-order valence-corrected chi connectivity index (χ2v) is 5.57. The molecule has 116 valence electrons. The van der Waals surface area contributed by atoms with Crippen LogP contribution in [0.5, 0.6) is 0 Å². The number of rotatable bonds is 4. The predicted molar refractivity (Wildman–Crippen MR) is 83.3 cm³/mol. The fourth-order valence-corrected chi connectivity index (χ4v) is 2.35. The summed E-state index contributed by atoms with van der Waals surface area (Å²) >= 11 is 0. The molecular formula is C14H18N6O2. The van der Waals surface area contributed by atoms with Crippen LogP contribution in [0.1, 0.15) is 5.69 Å². The molecule has 1 saturated heterocycles. The van der Waals surface area contributed by atoms with Gasteiger partial charge in [-0.05, 0) is 19.1 Å². The molecule has 0 aromatic carbocycles. The zero-order chi connectivity index (χ0) is 15.7. The number of H-pyrrole nitrogens is 1. The first-order valence-electron chi connectivity index (χ1n) is 7.12. The van der Waals surface area contributed by atoms with E-state index in [4.69, 9.17) is 0 Å². The zero-order valence-electron chi connectivity index (χ0n) is 12.5. The second kappa shape index (κ2) is 5.63. The van der Waals surface area contributed by atoms with Crippen LogP contribution < -0.4 is 21.5 Å². The van der Waals surface area contributed by atoms with Gasteiger partial charge >= 0.3 is 5.69 Å². The first kappa shape index (κ1) is 14.3. The third-order valence-corrected chi connectivity index (χ3v) is 3.79. The highest BCUT2D eigenvalue weighted by Gasteiger charge is 2.27. The molecule has 1 aliphatic heterocycles. The largest absolute Gasteiger partial charge is 0.371 e. The molecule has 2 aromatic heterocycles. The lowest BCUT2D eigenvalue weighted by Crippen LogP contribution is -2.50. The number of hydrogen-bond acceptors (Lipinski definition) is 6. The van der Waals surface area contributed by atoms with Gasteiger partial charge in [-0.1, -0.05) is 0 Å². The lowest BCUT2D eigenvalue weighted by Gasteiger charge is -2.40. The van der Waals surface area contributed by atoms with Crippen molar-refractivity contribution in [1.29, 1.82) is 0 Å². The van der Waals surface area contributed by atoms with E-state index < -0.39 is 5.69 Å². The average molecular weight is 302 g/mol. The molecule has 8 heteroatoms. The number of aromatic nitrogens is 4. The molecule has 3 heterocycles. The molecule has 0 saturated carbocycles. The Hall–Kier alpha value is -2.64. The monoisotopic (exact) mass is 302 g/mol. The Morgan fingerprint density at radius 1 is 1.32 bits per heavy atom. The molecule has 0 bridgehead atoms. The number of nitrogens with one attached hydrogen (secondary N) is 2. The van der Waals surface area contributed by atoms with E-state index in [2.05, 4.69) is 25.4 Å². The van der Waals surface area contributed by atoms with E-state index in [1.807, 2.05) is 19.1 Å². The molecule has 0 spiro atoms. The van der Waals surface area contributed by atoms with Crippen molar-refractivity contribution in [2.24, 2.45) is 13.0 Å². The summed E-state index contributed by atoms with van der Waals surface area (Å²) in [6.07, 6.45) is 0. The highest BCUT2D eigenvalue weighted by atomic mass is 16.2. The van der Waals surface area contributed by atoms with Gasteiger partial charge in [0.1, 0.15) is 5.82 Å². The molecule has 0 radical (unpaired) electrons. The molecule has 8 nitrogen and oxygen atoms in total. The number of aryl methyl sites for hydroxylation is 1. The van der Waals surface area contributed by atoms with Gasteiger partial charge < -0.3 is 10.2 Å². The van der Waals surface area contributed by atoms with Crippen LogP contribution in [0.25, 0.3) is 0 Å². The maximum Gasteiger partial charge on any atom is 0.329 e. The van der Waals surface area contributed by atoms with Crippen molar-refractivity contribution in [3.63, 3.8) is 0 Å². The maximum atomic E-state index is 11.5. The van der Waals surface area contributed by atoms with Crippen molar-refractivity contribution < 1.29 is 0 Å². The van der Waals surface area contributed by atoms with Crippen molar-refractivity contribution in [2.45, 2.75) is 6.92 Å². The standard InChI is InChI=1S/C14H18N6O2/c1-9-3-4-12(18-17-9)20-7-10(8-20)6-15-11-5-13(21)19(2)14(22)16-11/h3-5,10,15H,6-8H2,1-2H3,(H,16,22). The molecule has 2 aromatic rings. The predicted octanol–water partition coefficient (Wildman–Crippen LogP) is -0.280. The topological polar surface area (TPSA) is 95.9 Å². The van der Waals surface area contributed by atoms with Gasteiger partial charge in [0, 0.05) is 38.7 Å². The Morgan fingerprint density at radius 3 is 2.73 bits per heavy atom. The highest BCUT2D eigenvalue weighted by molar-refractivity contribution is 5.41. The number of anilines is 2. The maximum absolute atomic E-state index is 11.5. The molecule has 0 atom stereocenters. The fraction of sp³-hybridized carbons (Fsp3) is 0.429. The minimum atomic E-state index is -0.417. The third kappa shape index (κ3) is 2.85. The molecule has 0 unspecified atom stereocenters. The summed E-state index contributed by atoms with van der Waals surface area (Å²) in [5, 5.41) is 11.3. The van der Waals surface area contributed by atoms with Crippen molar-refractivity contribution in [3.05, 3.63) is 44.7 Å². The van der Waals surface area contributed by atoms with Crippen molar-refractivity contribution >= 4 is 11.6 Å². The fourth-order valence-electron chi connectivity index (χ4n) is 2.35. The number of aromatic amines is 1. The Balaban J connectivity index is 1.54. The Labute approximate surface area is 126 Å². The molecule has 2 N–H and O–H groups in total. The van der Waals surface area contributed by atoms with Gasteiger partial charge in [-0.25, -0.2) is 4.79 Å². The minimum absolute atomic E-state index is 0.323. The zero-order valence-corrected chi connectivity index (χ0v) is 12.5.